The number of anilines is 2. The number of halogens is 1. The van der Waals surface area contributed by atoms with E-state index in [2.05, 4.69) is 37.7 Å². The summed E-state index contributed by atoms with van der Waals surface area (Å²) in [7, 11) is 1.52. The Hall–Kier alpha value is -3.35. The molecule has 2 aromatic carbocycles. The Labute approximate surface area is 187 Å². The molecule has 0 saturated heterocycles. The normalized spacial score (nSPS) is 22.0. The number of carbonyl (C=O) groups is 1. The molecular formula is C22H20BrN5O3. The van der Waals surface area contributed by atoms with Crippen LogP contribution < -0.4 is 15.4 Å². The number of methoxy groups -OCH3 is 1. The van der Waals surface area contributed by atoms with Gasteiger partial charge in [-0.1, -0.05) is 40.2 Å². The molecule has 3 aromatic rings. The van der Waals surface area contributed by atoms with Crippen LogP contribution in [0.15, 0.2) is 59.2 Å². The monoisotopic (exact) mass is 481 g/mol. The van der Waals surface area contributed by atoms with Gasteiger partial charge in [-0.3, -0.25) is 4.79 Å². The Bertz CT molecular complexity index is 1170. The topological polar surface area (TPSA) is 112 Å². The van der Waals surface area contributed by atoms with E-state index < -0.39 is 23.6 Å². The fraction of sp³-hybridized carbons (Fsp3) is 0.227. The van der Waals surface area contributed by atoms with E-state index in [0.717, 1.165) is 10.0 Å². The number of benzene rings is 2. The molecule has 3 N–H and O–H groups in total. The molecule has 1 aliphatic heterocycles. The Kier molecular flexibility index (Phi) is 5.43. The number of aromatic nitrogens is 2. The van der Waals surface area contributed by atoms with E-state index in [4.69, 9.17) is 4.74 Å². The quantitative estimate of drug-likeness (QED) is 0.524. The van der Waals surface area contributed by atoms with Crippen LogP contribution in [0, 0.1) is 17.2 Å². The number of hydrogen-bond acceptors (Lipinski definition) is 6. The molecule has 0 unspecified atom stereocenters. The third-order valence-electron chi connectivity index (χ3n) is 5.41. The second-order valence-electron chi connectivity index (χ2n) is 7.37. The first-order chi connectivity index (χ1) is 14.9. The highest BCUT2D eigenvalue weighted by atomic mass is 79.9. The van der Waals surface area contributed by atoms with Gasteiger partial charge in [-0.25, -0.2) is 4.68 Å². The van der Waals surface area contributed by atoms with Crippen molar-refractivity contribution in [1.29, 1.82) is 5.26 Å². The third-order valence-corrected chi connectivity index (χ3v) is 5.94. The van der Waals surface area contributed by atoms with Gasteiger partial charge < -0.3 is 20.5 Å². The van der Waals surface area contributed by atoms with Crippen molar-refractivity contribution in [1.82, 2.24) is 9.78 Å². The Morgan fingerprint density at radius 1 is 1.32 bits per heavy atom. The Morgan fingerprint density at radius 3 is 2.71 bits per heavy atom. The van der Waals surface area contributed by atoms with Crippen LogP contribution in [0.25, 0.3) is 0 Å². The lowest BCUT2D eigenvalue weighted by atomic mass is 9.82. The van der Waals surface area contributed by atoms with Gasteiger partial charge in [0.1, 0.15) is 29.1 Å². The van der Waals surface area contributed by atoms with Crippen LogP contribution in [0.1, 0.15) is 24.1 Å². The van der Waals surface area contributed by atoms with Gasteiger partial charge in [0.15, 0.2) is 5.72 Å². The van der Waals surface area contributed by atoms with Crippen LogP contribution in [0.3, 0.4) is 0 Å². The lowest BCUT2D eigenvalue weighted by Crippen LogP contribution is -2.53. The van der Waals surface area contributed by atoms with Crippen molar-refractivity contribution in [3.8, 4) is 11.8 Å². The van der Waals surface area contributed by atoms with E-state index in [1.54, 1.807) is 24.3 Å². The first-order valence-electron chi connectivity index (χ1n) is 9.53. The van der Waals surface area contributed by atoms with Gasteiger partial charge in [0.25, 0.3) is 0 Å². The standard InChI is InChI=1S/C22H20BrN5O3/c1-22(30)18(21(29)26-16-5-3-4-6-17(16)31-2)19(13-7-9-15(23)10-8-13)27-20-14(11-24)12-25-28(20)22/h3-10,12,18-19,27,30H,1-2H3,(H,26,29)/t18-,19+,22+/m0/s1. The van der Waals surface area contributed by atoms with Crippen molar-refractivity contribution in [2.45, 2.75) is 18.7 Å². The first kappa shape index (κ1) is 20.9. The number of carbonyl (C=O) groups excluding carboxylic acids is 1. The summed E-state index contributed by atoms with van der Waals surface area (Å²) < 4.78 is 7.50. The molecule has 1 aliphatic rings. The fourth-order valence-electron chi connectivity index (χ4n) is 3.89. The van der Waals surface area contributed by atoms with E-state index in [-0.39, 0.29) is 5.56 Å². The summed E-state index contributed by atoms with van der Waals surface area (Å²) in [6.45, 7) is 1.52. The van der Waals surface area contributed by atoms with Crippen LogP contribution in [0.2, 0.25) is 0 Å². The van der Waals surface area contributed by atoms with Crippen LogP contribution in [0.5, 0.6) is 5.75 Å². The molecule has 31 heavy (non-hydrogen) atoms. The third kappa shape index (κ3) is 3.65. The number of ether oxygens (including phenoxy) is 1. The predicted molar refractivity (Wildman–Crippen MR) is 118 cm³/mol. The summed E-state index contributed by atoms with van der Waals surface area (Å²) in [5.41, 5.74) is -0.158. The summed E-state index contributed by atoms with van der Waals surface area (Å²) in [6, 6.07) is 15.9. The lowest BCUT2D eigenvalue weighted by molar-refractivity contribution is -0.143. The van der Waals surface area contributed by atoms with Gasteiger partial charge in [0, 0.05) is 4.47 Å². The SMILES string of the molecule is COc1ccccc1NC(=O)[C@@H]1[C@@H](c2ccc(Br)cc2)Nc2c(C#N)cnn2[C@]1(C)O. The summed E-state index contributed by atoms with van der Waals surface area (Å²) in [6.07, 6.45) is 1.37. The van der Waals surface area contributed by atoms with Crippen LogP contribution in [0.4, 0.5) is 11.5 Å². The number of amides is 1. The summed E-state index contributed by atoms with van der Waals surface area (Å²) in [5.74, 6) is -0.528. The molecule has 0 aliphatic carbocycles. The molecule has 4 rings (SSSR count). The smallest absolute Gasteiger partial charge is 0.234 e. The highest BCUT2D eigenvalue weighted by Crippen LogP contribution is 2.44. The van der Waals surface area contributed by atoms with Crippen molar-refractivity contribution < 1.29 is 14.6 Å². The molecular weight excluding hydrogens is 462 g/mol. The lowest BCUT2D eigenvalue weighted by Gasteiger charge is -2.43. The van der Waals surface area contributed by atoms with E-state index in [1.807, 2.05) is 24.3 Å². The predicted octanol–water partition coefficient (Wildman–Crippen LogP) is 3.61. The highest BCUT2D eigenvalue weighted by Gasteiger charge is 2.50. The van der Waals surface area contributed by atoms with Gasteiger partial charge in [-0.2, -0.15) is 10.4 Å². The van der Waals surface area contributed by atoms with Gasteiger partial charge >= 0.3 is 0 Å². The Balaban J connectivity index is 1.80. The molecule has 1 amide bonds. The minimum absolute atomic E-state index is 0.283. The molecule has 0 saturated carbocycles. The van der Waals surface area contributed by atoms with Crippen LogP contribution in [-0.4, -0.2) is 27.9 Å². The fourth-order valence-corrected chi connectivity index (χ4v) is 4.16. The zero-order chi connectivity index (χ0) is 22.2. The molecule has 9 heteroatoms. The number of para-hydroxylation sites is 2. The number of rotatable bonds is 4. The van der Waals surface area contributed by atoms with E-state index in [0.29, 0.717) is 17.3 Å². The van der Waals surface area contributed by atoms with Crippen molar-refractivity contribution in [2.75, 3.05) is 17.7 Å². The van der Waals surface area contributed by atoms with Crippen LogP contribution in [-0.2, 0) is 10.5 Å². The molecule has 0 fully saturated rings. The summed E-state index contributed by atoms with van der Waals surface area (Å²) >= 11 is 3.42. The molecule has 158 valence electrons. The number of nitriles is 1. The van der Waals surface area contributed by atoms with Crippen molar-refractivity contribution in [2.24, 2.45) is 5.92 Å². The largest absolute Gasteiger partial charge is 0.495 e. The molecule has 8 nitrogen and oxygen atoms in total. The van der Waals surface area contributed by atoms with Crippen molar-refractivity contribution >= 4 is 33.3 Å². The summed E-state index contributed by atoms with van der Waals surface area (Å²) in [4.78, 5) is 13.5. The molecule has 3 atom stereocenters. The second kappa shape index (κ2) is 8.06. The molecule has 0 bridgehead atoms. The molecule has 2 heterocycles. The summed E-state index contributed by atoms with van der Waals surface area (Å²) in [5, 5.41) is 31.2. The van der Waals surface area contributed by atoms with Gasteiger partial charge in [0.2, 0.25) is 5.91 Å². The van der Waals surface area contributed by atoms with E-state index in [9.17, 15) is 15.2 Å². The number of nitrogens with one attached hydrogen (secondary N) is 2. The minimum atomic E-state index is -1.71. The molecule has 0 radical (unpaired) electrons. The Morgan fingerprint density at radius 2 is 2.03 bits per heavy atom. The van der Waals surface area contributed by atoms with Crippen molar-refractivity contribution in [3.05, 3.63) is 70.3 Å². The number of aliphatic hydroxyl groups is 1. The minimum Gasteiger partial charge on any atom is -0.495 e. The van der Waals surface area contributed by atoms with Crippen LogP contribution >= 0.6 is 15.9 Å². The number of hydrogen-bond donors (Lipinski definition) is 3. The van der Waals surface area contributed by atoms with E-state index in [1.165, 1.54) is 24.9 Å². The average Bonchev–Trinajstić information content (AvgIpc) is 3.18. The zero-order valence-corrected chi connectivity index (χ0v) is 18.4. The van der Waals surface area contributed by atoms with Gasteiger partial charge in [-0.15, -0.1) is 0 Å². The number of nitrogens with zero attached hydrogens (tertiary/aromatic N) is 3. The molecule has 0 spiro atoms. The van der Waals surface area contributed by atoms with Crippen molar-refractivity contribution in [3.63, 3.8) is 0 Å². The van der Waals surface area contributed by atoms with Gasteiger partial charge in [0.05, 0.1) is 25.0 Å². The zero-order valence-electron chi connectivity index (χ0n) is 16.8. The van der Waals surface area contributed by atoms with E-state index >= 15 is 0 Å². The first-order valence-corrected chi connectivity index (χ1v) is 10.3. The molecule has 1 aromatic heterocycles. The highest BCUT2D eigenvalue weighted by molar-refractivity contribution is 9.10. The maximum Gasteiger partial charge on any atom is 0.234 e. The second-order valence-corrected chi connectivity index (χ2v) is 8.28. The maximum atomic E-state index is 13.5. The number of fused-ring (bicyclic) bond motifs is 1. The average molecular weight is 482 g/mol. The maximum absolute atomic E-state index is 13.5. The van der Waals surface area contributed by atoms with Gasteiger partial charge in [-0.05, 0) is 36.8 Å².